The van der Waals surface area contributed by atoms with Crippen LogP contribution in [-0.2, 0) is 0 Å². The Bertz CT molecular complexity index is 687. The summed E-state index contributed by atoms with van der Waals surface area (Å²) in [4.78, 5) is 3.93. The Morgan fingerprint density at radius 3 is 2.36 bits per heavy atom. The van der Waals surface area contributed by atoms with Crippen molar-refractivity contribution in [1.29, 1.82) is 0 Å². The smallest absolute Gasteiger partial charge is 0.403 e. The van der Waals surface area contributed by atoms with Gasteiger partial charge in [-0.1, -0.05) is 6.07 Å². The van der Waals surface area contributed by atoms with E-state index < -0.39 is 29.8 Å². The van der Waals surface area contributed by atoms with Crippen LogP contribution in [0.4, 0.5) is 22.0 Å². The second-order valence-corrected chi connectivity index (χ2v) is 4.54. The van der Waals surface area contributed by atoms with Gasteiger partial charge in [0.05, 0.1) is 11.7 Å². The molecule has 2 N–H and O–H groups in total. The van der Waals surface area contributed by atoms with Gasteiger partial charge in [-0.05, 0) is 36.8 Å². The third-order valence-electron chi connectivity index (χ3n) is 2.85. The standard InChI is InChI=1S/C14H11F5N2O/c1-7-2-4-9(15)13(21-7)12(20)8-3-5-11(10(16)6-8)22-14(17,18)19/h2-6,12H,20H2,1H3/t12-/m0/s1. The Morgan fingerprint density at radius 1 is 1.09 bits per heavy atom. The van der Waals surface area contributed by atoms with E-state index in [2.05, 4.69) is 9.72 Å². The minimum absolute atomic E-state index is 0.0732. The van der Waals surface area contributed by atoms with Crippen LogP contribution in [0.15, 0.2) is 30.3 Å². The molecule has 1 atom stereocenters. The maximum atomic E-state index is 13.7. The average Bonchev–Trinajstić information content (AvgIpc) is 2.41. The molecule has 0 radical (unpaired) electrons. The van der Waals surface area contributed by atoms with Gasteiger partial charge in [-0.2, -0.15) is 0 Å². The maximum absolute atomic E-state index is 13.7. The van der Waals surface area contributed by atoms with E-state index in [0.29, 0.717) is 5.69 Å². The lowest BCUT2D eigenvalue weighted by molar-refractivity contribution is -0.275. The summed E-state index contributed by atoms with van der Waals surface area (Å²) in [6.07, 6.45) is -5.01. The second kappa shape index (κ2) is 5.88. The van der Waals surface area contributed by atoms with Gasteiger partial charge in [0.2, 0.25) is 0 Å². The van der Waals surface area contributed by atoms with Crippen LogP contribution in [-0.4, -0.2) is 11.3 Å². The summed E-state index contributed by atoms with van der Waals surface area (Å²) < 4.78 is 67.1. The van der Waals surface area contributed by atoms with Crippen molar-refractivity contribution in [2.45, 2.75) is 19.3 Å². The van der Waals surface area contributed by atoms with Gasteiger partial charge in [-0.25, -0.2) is 8.78 Å². The number of aromatic nitrogens is 1. The van der Waals surface area contributed by atoms with E-state index in [0.717, 1.165) is 24.3 Å². The van der Waals surface area contributed by atoms with E-state index in [1.807, 2.05) is 0 Å². The van der Waals surface area contributed by atoms with Gasteiger partial charge in [-0.3, -0.25) is 4.98 Å². The summed E-state index contributed by atoms with van der Waals surface area (Å²) in [5.41, 5.74) is 6.26. The predicted molar refractivity (Wildman–Crippen MR) is 68.0 cm³/mol. The molecule has 0 unspecified atom stereocenters. The van der Waals surface area contributed by atoms with Gasteiger partial charge in [0.25, 0.3) is 0 Å². The molecule has 1 aromatic heterocycles. The highest BCUT2D eigenvalue weighted by Gasteiger charge is 2.32. The van der Waals surface area contributed by atoms with Crippen LogP contribution in [0.25, 0.3) is 0 Å². The normalized spacial score (nSPS) is 13.0. The molecular formula is C14H11F5N2O. The summed E-state index contributed by atoms with van der Waals surface area (Å²) in [7, 11) is 0. The monoisotopic (exact) mass is 318 g/mol. The highest BCUT2D eigenvalue weighted by Crippen LogP contribution is 2.29. The molecular weight excluding hydrogens is 307 g/mol. The van der Waals surface area contributed by atoms with Crippen LogP contribution >= 0.6 is 0 Å². The van der Waals surface area contributed by atoms with Crippen LogP contribution < -0.4 is 10.5 Å². The molecule has 1 heterocycles. The summed E-state index contributed by atoms with van der Waals surface area (Å²) in [6.45, 7) is 1.62. The molecule has 3 nitrogen and oxygen atoms in total. The van der Waals surface area contributed by atoms with Crippen molar-refractivity contribution in [2.24, 2.45) is 5.73 Å². The molecule has 2 rings (SSSR count). The van der Waals surface area contributed by atoms with E-state index in [-0.39, 0.29) is 11.3 Å². The lowest BCUT2D eigenvalue weighted by Crippen LogP contribution is -2.19. The zero-order valence-electron chi connectivity index (χ0n) is 11.3. The van der Waals surface area contributed by atoms with Crippen LogP contribution in [0.1, 0.15) is 23.0 Å². The van der Waals surface area contributed by atoms with Crippen molar-refractivity contribution in [1.82, 2.24) is 4.98 Å². The first-order valence-corrected chi connectivity index (χ1v) is 6.11. The van der Waals surface area contributed by atoms with Crippen molar-refractivity contribution >= 4 is 0 Å². The number of halogens is 5. The zero-order valence-corrected chi connectivity index (χ0v) is 11.3. The molecule has 8 heteroatoms. The molecule has 0 aliphatic heterocycles. The van der Waals surface area contributed by atoms with Crippen molar-refractivity contribution in [3.63, 3.8) is 0 Å². The van der Waals surface area contributed by atoms with E-state index >= 15 is 0 Å². The molecule has 0 saturated carbocycles. The molecule has 0 aliphatic rings. The summed E-state index contributed by atoms with van der Waals surface area (Å²) in [5, 5.41) is 0. The number of hydrogen-bond donors (Lipinski definition) is 1. The number of nitrogens with zero attached hydrogens (tertiary/aromatic N) is 1. The third-order valence-corrected chi connectivity index (χ3v) is 2.85. The van der Waals surface area contributed by atoms with Gasteiger partial charge in [0, 0.05) is 5.69 Å². The highest BCUT2D eigenvalue weighted by atomic mass is 19.4. The Labute approximate surface area is 122 Å². The van der Waals surface area contributed by atoms with Crippen LogP contribution in [0.3, 0.4) is 0 Å². The van der Waals surface area contributed by atoms with Gasteiger partial charge in [0.1, 0.15) is 5.82 Å². The fraction of sp³-hybridized carbons (Fsp3) is 0.214. The summed E-state index contributed by atoms with van der Waals surface area (Å²) >= 11 is 0. The fourth-order valence-corrected chi connectivity index (χ4v) is 1.85. The van der Waals surface area contributed by atoms with Crippen LogP contribution in [0, 0.1) is 18.6 Å². The molecule has 0 amide bonds. The quantitative estimate of drug-likeness (QED) is 0.880. The number of alkyl halides is 3. The van der Waals surface area contributed by atoms with E-state index in [1.165, 1.54) is 6.07 Å². The van der Waals surface area contributed by atoms with Crippen molar-refractivity contribution < 1.29 is 26.7 Å². The number of nitrogens with two attached hydrogens (primary N) is 1. The molecule has 0 saturated heterocycles. The fourth-order valence-electron chi connectivity index (χ4n) is 1.85. The number of pyridine rings is 1. The Kier molecular flexibility index (Phi) is 4.32. The SMILES string of the molecule is Cc1ccc(F)c([C@@H](N)c2ccc(OC(F)(F)F)c(F)c2)n1. The summed E-state index contributed by atoms with van der Waals surface area (Å²) in [5.74, 6) is -2.92. The number of hydrogen-bond acceptors (Lipinski definition) is 3. The minimum atomic E-state index is -5.01. The number of rotatable bonds is 3. The van der Waals surface area contributed by atoms with Gasteiger partial charge in [0.15, 0.2) is 11.6 Å². The van der Waals surface area contributed by atoms with E-state index in [9.17, 15) is 22.0 Å². The first kappa shape index (κ1) is 16.2. The molecule has 0 aliphatic carbocycles. The number of benzene rings is 1. The average molecular weight is 318 g/mol. The van der Waals surface area contributed by atoms with Crippen LogP contribution in [0.5, 0.6) is 5.75 Å². The third kappa shape index (κ3) is 3.70. The predicted octanol–water partition coefficient (Wildman–Crippen LogP) is 3.61. The molecule has 22 heavy (non-hydrogen) atoms. The first-order chi connectivity index (χ1) is 10.2. The van der Waals surface area contributed by atoms with Gasteiger partial charge in [-0.15, -0.1) is 13.2 Å². The molecule has 2 aromatic rings. The van der Waals surface area contributed by atoms with Crippen molar-refractivity contribution in [3.05, 3.63) is 58.9 Å². The van der Waals surface area contributed by atoms with Crippen LogP contribution in [0.2, 0.25) is 0 Å². The molecule has 0 bridgehead atoms. The Morgan fingerprint density at radius 2 is 1.77 bits per heavy atom. The molecule has 118 valence electrons. The second-order valence-electron chi connectivity index (χ2n) is 4.54. The van der Waals surface area contributed by atoms with Crippen molar-refractivity contribution in [2.75, 3.05) is 0 Å². The first-order valence-electron chi connectivity index (χ1n) is 6.11. The van der Waals surface area contributed by atoms with Crippen molar-refractivity contribution in [3.8, 4) is 5.75 Å². The van der Waals surface area contributed by atoms with E-state index in [1.54, 1.807) is 6.92 Å². The Balaban J connectivity index is 2.33. The zero-order chi connectivity index (χ0) is 16.5. The van der Waals surface area contributed by atoms with E-state index in [4.69, 9.17) is 5.73 Å². The topological polar surface area (TPSA) is 48.1 Å². The number of aryl methyl sites for hydroxylation is 1. The van der Waals surface area contributed by atoms with Gasteiger partial charge < -0.3 is 10.5 Å². The maximum Gasteiger partial charge on any atom is 0.573 e. The van der Waals surface area contributed by atoms with Gasteiger partial charge >= 0.3 is 6.36 Å². The Hall–Kier alpha value is -2.22. The summed E-state index contributed by atoms with van der Waals surface area (Å²) in [6, 6.07) is 4.15. The number of ether oxygens (including phenoxy) is 1. The molecule has 0 spiro atoms. The largest absolute Gasteiger partial charge is 0.573 e. The lowest BCUT2D eigenvalue weighted by Gasteiger charge is -2.15. The highest BCUT2D eigenvalue weighted by molar-refractivity contribution is 5.35. The molecule has 0 fully saturated rings. The minimum Gasteiger partial charge on any atom is -0.403 e. The molecule has 1 aromatic carbocycles. The lowest BCUT2D eigenvalue weighted by atomic mass is 10.0.